The average Bonchev–Trinajstić information content (AvgIpc) is 2.29. The zero-order chi connectivity index (χ0) is 13.5. The van der Waals surface area contributed by atoms with Gasteiger partial charge >= 0.3 is 0 Å². The van der Waals surface area contributed by atoms with Crippen LogP contribution in [0, 0.1) is 11.8 Å². The lowest BCUT2D eigenvalue weighted by Crippen LogP contribution is -2.50. The summed E-state index contributed by atoms with van der Waals surface area (Å²) in [5.74, 6) is 1.55. The normalized spacial score (nSPS) is 21.9. The lowest BCUT2D eigenvalue weighted by Gasteiger charge is -2.46. The van der Waals surface area contributed by atoms with E-state index in [1.54, 1.807) is 0 Å². The summed E-state index contributed by atoms with van der Waals surface area (Å²) in [6, 6.07) is 5.86. The minimum atomic E-state index is -0.448. The fraction of sp³-hybridized carbons (Fsp3) is 0.600. The van der Waals surface area contributed by atoms with Crippen molar-refractivity contribution in [1.29, 1.82) is 0 Å². The Labute approximate surface area is 117 Å². The van der Waals surface area contributed by atoms with Crippen molar-refractivity contribution in [3.05, 3.63) is 28.2 Å². The summed E-state index contributed by atoms with van der Waals surface area (Å²) < 4.78 is 7.26. The lowest BCUT2D eigenvalue weighted by molar-refractivity contribution is -0.0772. The van der Waals surface area contributed by atoms with Crippen molar-refractivity contribution in [3.63, 3.8) is 0 Å². The van der Waals surface area contributed by atoms with Crippen LogP contribution in [0.4, 0.5) is 0 Å². The van der Waals surface area contributed by atoms with Crippen LogP contribution in [-0.2, 0) is 0 Å². The van der Waals surface area contributed by atoms with Gasteiger partial charge in [-0.15, -0.1) is 0 Å². The minimum absolute atomic E-state index is 0.278. The third-order valence-electron chi connectivity index (χ3n) is 4.10. The number of ether oxygens (including phenoxy) is 1. The van der Waals surface area contributed by atoms with Crippen LogP contribution in [0.15, 0.2) is 22.7 Å². The molecule has 1 unspecified atom stereocenters. The van der Waals surface area contributed by atoms with Gasteiger partial charge < -0.3 is 9.84 Å². The Kier molecular flexibility index (Phi) is 3.75. The van der Waals surface area contributed by atoms with E-state index in [-0.39, 0.29) is 5.60 Å². The van der Waals surface area contributed by atoms with Crippen LogP contribution in [0.5, 0.6) is 5.75 Å². The quantitative estimate of drug-likeness (QED) is 0.881. The molecule has 1 aromatic rings. The summed E-state index contributed by atoms with van der Waals surface area (Å²) in [6.07, 6.45) is 0.210. The van der Waals surface area contributed by atoms with E-state index in [2.05, 4.69) is 43.6 Å². The Hall–Kier alpha value is -0.540. The van der Waals surface area contributed by atoms with Crippen LogP contribution in [0.1, 0.15) is 45.8 Å². The van der Waals surface area contributed by atoms with Crippen molar-refractivity contribution in [3.8, 4) is 5.75 Å². The third-order valence-corrected chi connectivity index (χ3v) is 4.59. The van der Waals surface area contributed by atoms with E-state index in [0.717, 1.165) is 15.8 Å². The molecule has 1 heterocycles. The Balaban J connectivity index is 2.46. The SMILES string of the molecule is CC(C)C1(C(C)C)CC(O)c2cc(Br)ccc2O1. The monoisotopic (exact) mass is 312 g/mol. The molecule has 100 valence electrons. The third kappa shape index (κ3) is 2.19. The maximum Gasteiger partial charge on any atom is 0.126 e. The van der Waals surface area contributed by atoms with Crippen molar-refractivity contribution in [1.82, 2.24) is 0 Å². The molecule has 1 N–H and O–H groups in total. The molecule has 0 spiro atoms. The van der Waals surface area contributed by atoms with Gasteiger partial charge in [0.05, 0.1) is 6.10 Å². The summed E-state index contributed by atoms with van der Waals surface area (Å²) in [5.41, 5.74) is 0.613. The minimum Gasteiger partial charge on any atom is -0.486 e. The summed E-state index contributed by atoms with van der Waals surface area (Å²) in [7, 11) is 0. The highest BCUT2D eigenvalue weighted by molar-refractivity contribution is 9.10. The van der Waals surface area contributed by atoms with Crippen molar-refractivity contribution in [2.45, 2.75) is 45.8 Å². The van der Waals surface area contributed by atoms with Gasteiger partial charge in [-0.25, -0.2) is 0 Å². The van der Waals surface area contributed by atoms with Gasteiger partial charge in [0.15, 0.2) is 0 Å². The molecule has 1 aliphatic rings. The summed E-state index contributed by atoms with van der Waals surface area (Å²) in [5, 5.41) is 10.4. The second kappa shape index (κ2) is 4.86. The first-order chi connectivity index (χ1) is 8.36. The van der Waals surface area contributed by atoms with Gasteiger partial charge in [0, 0.05) is 16.5 Å². The Bertz CT molecular complexity index is 432. The molecule has 1 atom stereocenters. The molecule has 3 heteroatoms. The number of fused-ring (bicyclic) bond motifs is 1. The van der Waals surface area contributed by atoms with E-state index in [0.29, 0.717) is 18.3 Å². The molecule has 0 aliphatic carbocycles. The second-order valence-corrected chi connectivity index (χ2v) is 6.68. The van der Waals surface area contributed by atoms with Gasteiger partial charge in [-0.2, -0.15) is 0 Å². The Morgan fingerprint density at radius 1 is 1.28 bits per heavy atom. The number of aliphatic hydroxyl groups excluding tert-OH is 1. The van der Waals surface area contributed by atoms with E-state index in [1.807, 2.05) is 18.2 Å². The number of benzene rings is 1. The second-order valence-electron chi connectivity index (χ2n) is 5.77. The van der Waals surface area contributed by atoms with Gasteiger partial charge in [0.2, 0.25) is 0 Å². The standard InChI is InChI=1S/C15H21BrO2/c1-9(2)15(10(3)4)8-13(17)12-7-11(16)5-6-14(12)18-15/h5-7,9-10,13,17H,8H2,1-4H3. The highest BCUT2D eigenvalue weighted by Crippen LogP contribution is 2.46. The van der Waals surface area contributed by atoms with E-state index in [4.69, 9.17) is 4.74 Å². The van der Waals surface area contributed by atoms with Gasteiger partial charge in [-0.05, 0) is 30.0 Å². The fourth-order valence-corrected chi connectivity index (χ4v) is 3.28. The molecule has 0 amide bonds. The highest BCUT2D eigenvalue weighted by Gasteiger charge is 2.45. The molecule has 0 saturated carbocycles. The molecule has 0 aromatic heterocycles. The summed E-state index contributed by atoms with van der Waals surface area (Å²) in [4.78, 5) is 0. The molecule has 1 aromatic carbocycles. The van der Waals surface area contributed by atoms with Gasteiger partial charge in [0.25, 0.3) is 0 Å². The lowest BCUT2D eigenvalue weighted by atomic mass is 9.73. The first-order valence-corrected chi connectivity index (χ1v) is 7.32. The van der Waals surface area contributed by atoms with E-state index in [1.165, 1.54) is 0 Å². The topological polar surface area (TPSA) is 29.5 Å². The van der Waals surface area contributed by atoms with Crippen LogP contribution in [0.3, 0.4) is 0 Å². The van der Waals surface area contributed by atoms with Crippen molar-refractivity contribution < 1.29 is 9.84 Å². The number of halogens is 1. The first kappa shape index (κ1) is 13.9. The first-order valence-electron chi connectivity index (χ1n) is 6.53. The fourth-order valence-electron chi connectivity index (χ4n) is 2.90. The van der Waals surface area contributed by atoms with Gasteiger partial charge in [-0.3, -0.25) is 0 Å². The maximum atomic E-state index is 10.4. The maximum absolute atomic E-state index is 10.4. The number of aliphatic hydroxyl groups is 1. The summed E-state index contributed by atoms with van der Waals surface area (Å²) in [6.45, 7) is 8.65. The average molecular weight is 313 g/mol. The molecular formula is C15H21BrO2. The number of hydrogen-bond acceptors (Lipinski definition) is 2. The molecule has 2 nitrogen and oxygen atoms in total. The van der Waals surface area contributed by atoms with Crippen LogP contribution >= 0.6 is 15.9 Å². The molecule has 1 aliphatic heterocycles. The zero-order valence-corrected chi connectivity index (χ0v) is 13.0. The Morgan fingerprint density at radius 2 is 1.89 bits per heavy atom. The molecule has 0 bridgehead atoms. The zero-order valence-electron chi connectivity index (χ0n) is 11.4. The van der Waals surface area contributed by atoms with Crippen LogP contribution < -0.4 is 4.74 Å². The highest BCUT2D eigenvalue weighted by atomic mass is 79.9. The predicted molar refractivity (Wildman–Crippen MR) is 76.8 cm³/mol. The molecular weight excluding hydrogens is 292 g/mol. The van der Waals surface area contributed by atoms with E-state index in [9.17, 15) is 5.11 Å². The predicted octanol–water partition coefficient (Wildman–Crippen LogP) is 4.32. The van der Waals surface area contributed by atoms with Crippen LogP contribution in [0.25, 0.3) is 0 Å². The smallest absolute Gasteiger partial charge is 0.126 e. The Morgan fingerprint density at radius 3 is 2.44 bits per heavy atom. The van der Waals surface area contributed by atoms with Gasteiger partial charge in [0.1, 0.15) is 11.4 Å². The van der Waals surface area contributed by atoms with Crippen molar-refractivity contribution in [2.75, 3.05) is 0 Å². The number of hydrogen-bond donors (Lipinski definition) is 1. The largest absolute Gasteiger partial charge is 0.486 e. The van der Waals surface area contributed by atoms with Gasteiger partial charge in [-0.1, -0.05) is 43.6 Å². The summed E-state index contributed by atoms with van der Waals surface area (Å²) >= 11 is 3.44. The number of rotatable bonds is 2. The molecule has 0 fully saturated rings. The van der Waals surface area contributed by atoms with E-state index < -0.39 is 6.10 Å². The molecule has 2 rings (SSSR count). The molecule has 0 saturated heterocycles. The van der Waals surface area contributed by atoms with Crippen molar-refractivity contribution >= 4 is 15.9 Å². The van der Waals surface area contributed by atoms with E-state index >= 15 is 0 Å². The molecule has 18 heavy (non-hydrogen) atoms. The molecule has 0 radical (unpaired) electrons. The van der Waals surface area contributed by atoms with Crippen LogP contribution in [-0.4, -0.2) is 10.7 Å². The van der Waals surface area contributed by atoms with Crippen molar-refractivity contribution in [2.24, 2.45) is 11.8 Å². The van der Waals surface area contributed by atoms with Crippen LogP contribution in [0.2, 0.25) is 0 Å².